The summed E-state index contributed by atoms with van der Waals surface area (Å²) in [5.74, 6) is 0.846. The van der Waals surface area contributed by atoms with Gasteiger partial charge in [-0.05, 0) is 67.8 Å². The minimum Gasteiger partial charge on any atom is -0.496 e. The number of carbonyl (C=O) groups is 3. The number of nitrogens with zero attached hydrogens (tertiary/aromatic N) is 3. The van der Waals surface area contributed by atoms with Gasteiger partial charge in [0, 0.05) is 90.9 Å². The summed E-state index contributed by atoms with van der Waals surface area (Å²) < 4.78 is 23.8. The first kappa shape index (κ1) is 39.6. The number of fused-ring (bicyclic) bond motifs is 6. The first-order valence-corrected chi connectivity index (χ1v) is 20.7. The Kier molecular flexibility index (Phi) is 9.11. The Morgan fingerprint density at radius 3 is 2.47 bits per heavy atom. The molecule has 2 aromatic carbocycles. The summed E-state index contributed by atoms with van der Waals surface area (Å²) in [5.41, 5.74) is -2.48. The Hall–Kier alpha value is -4.87. The lowest BCUT2D eigenvalue weighted by Crippen LogP contribution is -2.81. The smallest absolute Gasteiger partial charge is 0.344 e. The average Bonchev–Trinajstić information content (AvgIpc) is 3.90. The van der Waals surface area contributed by atoms with Crippen LogP contribution >= 0.6 is 0 Å². The van der Waals surface area contributed by atoms with E-state index in [0.29, 0.717) is 74.7 Å². The van der Waals surface area contributed by atoms with Gasteiger partial charge in [0.2, 0.25) is 5.60 Å². The van der Waals surface area contributed by atoms with Gasteiger partial charge in [-0.15, -0.1) is 6.42 Å². The average molecular weight is 807 g/mol. The van der Waals surface area contributed by atoms with Crippen molar-refractivity contribution in [3.63, 3.8) is 0 Å². The Morgan fingerprint density at radius 1 is 1.02 bits per heavy atom. The fourth-order valence-corrected chi connectivity index (χ4v) is 13.2. The van der Waals surface area contributed by atoms with Crippen LogP contribution < -0.4 is 9.64 Å². The van der Waals surface area contributed by atoms with E-state index >= 15 is 4.79 Å². The molecule has 1 unspecified atom stereocenters. The number of hydrogen-bond donors (Lipinski definition) is 3. The van der Waals surface area contributed by atoms with E-state index < -0.39 is 57.5 Å². The molecule has 6 aliphatic rings. The number of hydrogen-bond acceptors (Lipinski definition) is 12. The number of aromatic amines is 1. The van der Waals surface area contributed by atoms with Crippen molar-refractivity contribution < 1.29 is 43.5 Å². The first-order valence-electron chi connectivity index (χ1n) is 20.7. The first-order chi connectivity index (χ1) is 28.2. The number of anilines is 1. The van der Waals surface area contributed by atoms with Gasteiger partial charge >= 0.3 is 17.9 Å². The standard InChI is InChI=1S/C46H54N4O9/c1-8-42(54)23-28-24-45(40(52)57-6,36-30(15-19-49(25-28)26-42)29-13-10-11-14-33(29)47-36)32-21-31-34(22-35(32)56-5)48(4)38-44(31)17-20-50-18-12-16-43(9-2,37(44)50)39(59-27(3)51)46(38,55)41(53)58-7/h1,10-14,16,21-22,28,37-39,47,54-55H,9,15,17-20,23-26H2,2-7H3/t28-,37-,38+,39+,42-,43+,44+,45-,46-/m0/s1. The van der Waals surface area contributed by atoms with Gasteiger partial charge in [0.15, 0.2) is 6.10 Å². The second-order valence-electron chi connectivity index (χ2n) is 17.8. The molecule has 1 aliphatic carbocycles. The molecule has 13 nitrogen and oxygen atoms in total. The lowest BCUT2D eigenvalue weighted by molar-refractivity contribution is -0.228. The quantitative estimate of drug-likeness (QED) is 0.145. The van der Waals surface area contributed by atoms with Crippen LogP contribution in [-0.2, 0) is 45.8 Å². The second-order valence-corrected chi connectivity index (χ2v) is 17.8. The molecule has 5 aliphatic heterocycles. The van der Waals surface area contributed by atoms with Gasteiger partial charge in [-0.3, -0.25) is 19.4 Å². The number of likely N-dealkylation sites (N-methyl/N-ethyl adjacent to an activating group) is 1. The van der Waals surface area contributed by atoms with E-state index in [4.69, 9.17) is 25.4 Å². The second kappa shape index (κ2) is 13.6. The number of para-hydroxylation sites is 1. The van der Waals surface area contributed by atoms with Crippen molar-refractivity contribution in [2.45, 2.75) is 86.2 Å². The molecule has 0 radical (unpaired) electrons. The Bertz CT molecular complexity index is 2340. The summed E-state index contributed by atoms with van der Waals surface area (Å²) in [6.07, 6.45) is 10.9. The fraction of sp³-hybridized carbons (Fsp3) is 0.543. The summed E-state index contributed by atoms with van der Waals surface area (Å²) in [4.78, 5) is 52.9. The van der Waals surface area contributed by atoms with Crippen LogP contribution in [0.5, 0.6) is 5.75 Å². The van der Waals surface area contributed by atoms with Crippen molar-refractivity contribution in [1.29, 1.82) is 0 Å². The molecule has 312 valence electrons. The third kappa shape index (κ3) is 5.09. The summed E-state index contributed by atoms with van der Waals surface area (Å²) in [6, 6.07) is 10.7. The predicted octanol–water partition coefficient (Wildman–Crippen LogP) is 3.21. The van der Waals surface area contributed by atoms with Crippen molar-refractivity contribution in [1.82, 2.24) is 14.8 Å². The lowest BCUT2D eigenvalue weighted by Gasteiger charge is -2.63. The van der Waals surface area contributed by atoms with Gasteiger partial charge in [-0.1, -0.05) is 43.2 Å². The summed E-state index contributed by atoms with van der Waals surface area (Å²) >= 11 is 0. The molecule has 0 amide bonds. The maximum atomic E-state index is 15.3. The third-order valence-corrected chi connectivity index (χ3v) is 15.1. The molecule has 10 atom stereocenters. The number of H-pyrrole nitrogens is 1. The van der Waals surface area contributed by atoms with Crippen molar-refractivity contribution in [3.8, 4) is 18.1 Å². The van der Waals surface area contributed by atoms with E-state index in [9.17, 15) is 19.8 Å². The highest BCUT2D eigenvalue weighted by Crippen LogP contribution is 2.68. The molecule has 13 heteroatoms. The number of carbonyl (C=O) groups excluding carboxylic acids is 3. The van der Waals surface area contributed by atoms with E-state index in [2.05, 4.69) is 32.8 Å². The zero-order chi connectivity index (χ0) is 41.9. The van der Waals surface area contributed by atoms with Crippen LogP contribution in [0.2, 0.25) is 0 Å². The van der Waals surface area contributed by atoms with Gasteiger partial charge in [0.25, 0.3) is 0 Å². The van der Waals surface area contributed by atoms with Crippen LogP contribution in [0.25, 0.3) is 10.9 Å². The van der Waals surface area contributed by atoms with Gasteiger partial charge in [0.05, 0.1) is 27.4 Å². The highest BCUT2D eigenvalue weighted by atomic mass is 16.6. The zero-order valence-corrected chi connectivity index (χ0v) is 34.7. The number of esters is 3. The fourth-order valence-electron chi connectivity index (χ4n) is 13.2. The SMILES string of the molecule is C#C[C@]1(O)C[C@@H]2CN(CCc3c([nH]c4ccccc34)[C@@](C(=O)OC)(c3cc4c(cc3OC)N(C)[C@H]3[C@@](O)(C(=O)OC)[C@H](OC(C)=O)[C@]5(CC)C=CCN6CC[C@]43[C@@H]65)C2)C1. The highest BCUT2D eigenvalue weighted by Gasteiger charge is 2.80. The maximum absolute atomic E-state index is 15.3. The van der Waals surface area contributed by atoms with E-state index in [-0.39, 0.29) is 24.8 Å². The Labute approximate surface area is 344 Å². The normalized spacial score (nSPS) is 36.8. The summed E-state index contributed by atoms with van der Waals surface area (Å²) in [6.45, 7) is 6.12. The van der Waals surface area contributed by atoms with Crippen molar-refractivity contribution in [2.75, 3.05) is 66.0 Å². The zero-order valence-electron chi connectivity index (χ0n) is 34.7. The van der Waals surface area contributed by atoms with Crippen LogP contribution in [-0.4, -0.2) is 133 Å². The number of piperidine rings is 1. The molecular weight excluding hydrogens is 753 g/mol. The molecule has 1 spiro atoms. The Morgan fingerprint density at radius 2 is 1.78 bits per heavy atom. The van der Waals surface area contributed by atoms with E-state index in [1.165, 1.54) is 21.1 Å². The van der Waals surface area contributed by atoms with Crippen molar-refractivity contribution in [3.05, 3.63) is 70.9 Å². The highest BCUT2D eigenvalue weighted by molar-refractivity contribution is 5.95. The number of methoxy groups -OCH3 is 3. The molecule has 6 heterocycles. The summed E-state index contributed by atoms with van der Waals surface area (Å²) in [7, 11) is 6.06. The van der Waals surface area contributed by atoms with Crippen LogP contribution in [0.4, 0.5) is 5.69 Å². The van der Waals surface area contributed by atoms with Crippen molar-refractivity contribution in [2.24, 2.45) is 11.3 Å². The number of nitrogens with one attached hydrogen (secondary N) is 1. The number of rotatable bonds is 6. The van der Waals surface area contributed by atoms with Gasteiger partial charge in [-0.25, -0.2) is 4.79 Å². The topological polar surface area (TPSA) is 154 Å². The summed E-state index contributed by atoms with van der Waals surface area (Å²) in [5, 5.41) is 26.0. The lowest BCUT2D eigenvalue weighted by atomic mass is 9.47. The number of benzene rings is 2. The predicted molar refractivity (Wildman–Crippen MR) is 219 cm³/mol. The third-order valence-electron chi connectivity index (χ3n) is 15.1. The van der Waals surface area contributed by atoms with E-state index in [1.807, 2.05) is 55.3 Å². The van der Waals surface area contributed by atoms with Gasteiger partial charge < -0.3 is 39.0 Å². The molecule has 2 bridgehead atoms. The molecular formula is C46H54N4O9. The minimum atomic E-state index is -2.32. The molecule has 9 rings (SSSR count). The molecule has 3 N–H and O–H groups in total. The molecule has 3 fully saturated rings. The molecule has 3 aromatic rings. The number of aliphatic hydroxyl groups is 2. The van der Waals surface area contributed by atoms with E-state index in [1.54, 1.807) is 7.11 Å². The van der Waals surface area contributed by atoms with Gasteiger partial charge in [0.1, 0.15) is 16.8 Å². The molecule has 1 saturated carbocycles. The Balaban J connectivity index is 1.37. The number of terminal acetylenes is 1. The van der Waals surface area contributed by atoms with Crippen LogP contribution in [0.1, 0.15) is 61.9 Å². The molecule has 2 saturated heterocycles. The van der Waals surface area contributed by atoms with Crippen LogP contribution in [0, 0.1) is 23.7 Å². The van der Waals surface area contributed by atoms with Crippen LogP contribution in [0.15, 0.2) is 48.6 Å². The minimum absolute atomic E-state index is 0.235. The monoisotopic (exact) mass is 806 g/mol. The van der Waals surface area contributed by atoms with Gasteiger partial charge in [-0.2, -0.15) is 0 Å². The maximum Gasteiger partial charge on any atom is 0.344 e. The van der Waals surface area contributed by atoms with E-state index in [0.717, 1.165) is 22.0 Å². The number of aromatic nitrogens is 1. The largest absolute Gasteiger partial charge is 0.496 e. The number of ether oxygens (including phenoxy) is 4. The molecule has 1 aromatic heterocycles. The van der Waals surface area contributed by atoms with Crippen molar-refractivity contribution >= 4 is 34.5 Å². The van der Waals surface area contributed by atoms with Crippen LogP contribution in [0.3, 0.4) is 0 Å². The molecule has 59 heavy (non-hydrogen) atoms.